The average Bonchev–Trinajstić information content (AvgIpc) is 2.69. The van der Waals surface area contributed by atoms with E-state index in [1.54, 1.807) is 6.92 Å². The van der Waals surface area contributed by atoms with Crippen LogP contribution in [0.1, 0.15) is 19.7 Å². The Morgan fingerprint density at radius 2 is 2.14 bits per heavy atom. The summed E-state index contributed by atoms with van der Waals surface area (Å²) in [7, 11) is 0. The van der Waals surface area contributed by atoms with E-state index in [4.69, 9.17) is 5.11 Å². The fraction of sp³-hybridized carbons (Fsp3) is 0.583. The van der Waals surface area contributed by atoms with Gasteiger partial charge in [-0.25, -0.2) is 0 Å². The van der Waals surface area contributed by atoms with Crippen molar-refractivity contribution in [1.29, 1.82) is 0 Å². The molecule has 1 heterocycles. The Morgan fingerprint density at radius 1 is 1.52 bits per heavy atom. The van der Waals surface area contributed by atoms with Crippen molar-refractivity contribution >= 4 is 17.7 Å². The second kappa shape index (κ2) is 6.82. The number of carboxylic acids is 1. The molecule has 0 aliphatic heterocycles. The molecule has 0 radical (unpaired) electrons. The lowest BCUT2D eigenvalue weighted by Gasteiger charge is -2.22. The summed E-state index contributed by atoms with van der Waals surface area (Å²) in [5, 5.41) is 19.5. The van der Waals surface area contributed by atoms with Crippen LogP contribution in [0.2, 0.25) is 0 Å². The van der Waals surface area contributed by atoms with Crippen LogP contribution in [0.25, 0.3) is 0 Å². The average molecular weight is 298 g/mol. The van der Waals surface area contributed by atoms with Crippen LogP contribution in [-0.2, 0) is 16.1 Å². The fourth-order valence-electron chi connectivity index (χ4n) is 1.84. The molecule has 0 aliphatic carbocycles. The van der Waals surface area contributed by atoms with Gasteiger partial charge in [0.2, 0.25) is 11.7 Å². The van der Waals surface area contributed by atoms with Crippen LogP contribution in [0.5, 0.6) is 0 Å². The Labute approximate surface area is 121 Å². The number of rotatable bonds is 7. The molecule has 0 spiro atoms. The molecule has 1 aromatic rings. The second-order valence-electron chi connectivity index (χ2n) is 5.09. The number of amides is 1. The quantitative estimate of drug-likeness (QED) is 0.583. The first kappa shape index (κ1) is 16.6. The summed E-state index contributed by atoms with van der Waals surface area (Å²) in [4.78, 5) is 37.9. The van der Waals surface area contributed by atoms with Crippen LogP contribution in [0.3, 0.4) is 0 Å². The maximum atomic E-state index is 12.2. The minimum atomic E-state index is -1.10. The van der Waals surface area contributed by atoms with Crippen LogP contribution in [0.15, 0.2) is 6.20 Å². The monoisotopic (exact) mass is 298 g/mol. The topological polar surface area (TPSA) is 119 Å². The lowest BCUT2D eigenvalue weighted by molar-refractivity contribution is -0.389. The van der Waals surface area contributed by atoms with E-state index in [1.807, 2.05) is 13.8 Å². The lowest BCUT2D eigenvalue weighted by atomic mass is 10.2. The molecule has 0 unspecified atom stereocenters. The molecule has 0 fully saturated rings. The summed E-state index contributed by atoms with van der Waals surface area (Å²) in [5.74, 6) is -1.41. The molecule has 1 rings (SSSR count). The van der Waals surface area contributed by atoms with E-state index in [0.717, 1.165) is 0 Å². The fourth-order valence-corrected chi connectivity index (χ4v) is 1.84. The summed E-state index contributed by atoms with van der Waals surface area (Å²) in [6, 6.07) is 0. The first-order chi connectivity index (χ1) is 9.70. The molecule has 9 heteroatoms. The molecule has 1 aromatic heterocycles. The van der Waals surface area contributed by atoms with Gasteiger partial charge < -0.3 is 20.1 Å². The van der Waals surface area contributed by atoms with Gasteiger partial charge in [-0.15, -0.1) is 0 Å². The van der Waals surface area contributed by atoms with E-state index in [9.17, 15) is 19.7 Å². The van der Waals surface area contributed by atoms with E-state index in [1.165, 1.54) is 15.7 Å². The first-order valence-electron chi connectivity index (χ1n) is 6.38. The third kappa shape index (κ3) is 4.86. The van der Waals surface area contributed by atoms with Crippen molar-refractivity contribution in [2.75, 3.05) is 13.1 Å². The molecule has 0 aliphatic rings. The molecular weight excluding hydrogens is 280 g/mol. The van der Waals surface area contributed by atoms with Gasteiger partial charge in [0.05, 0.1) is 0 Å². The number of nitro groups is 1. The number of aliphatic carboxylic acids is 1. The zero-order valence-electron chi connectivity index (χ0n) is 12.1. The van der Waals surface area contributed by atoms with Gasteiger partial charge in [-0.2, -0.15) is 0 Å². The van der Waals surface area contributed by atoms with Crippen molar-refractivity contribution < 1.29 is 19.6 Å². The van der Waals surface area contributed by atoms with Gasteiger partial charge in [0.25, 0.3) is 0 Å². The third-order valence-electron chi connectivity index (χ3n) is 2.72. The highest BCUT2D eigenvalue weighted by molar-refractivity contribution is 5.81. The number of nitrogens with zero attached hydrogens (tertiary/aromatic N) is 4. The van der Waals surface area contributed by atoms with Gasteiger partial charge in [-0.1, -0.05) is 13.8 Å². The third-order valence-corrected chi connectivity index (χ3v) is 2.72. The van der Waals surface area contributed by atoms with Crippen molar-refractivity contribution in [3.05, 3.63) is 22.1 Å². The molecule has 0 atom stereocenters. The van der Waals surface area contributed by atoms with Crippen LogP contribution < -0.4 is 0 Å². The van der Waals surface area contributed by atoms with Gasteiger partial charge in [0, 0.05) is 13.5 Å². The minimum absolute atomic E-state index is 0.117. The van der Waals surface area contributed by atoms with Crippen LogP contribution in [0.4, 0.5) is 5.82 Å². The Balaban J connectivity index is 2.85. The zero-order valence-corrected chi connectivity index (χ0v) is 12.1. The highest BCUT2D eigenvalue weighted by Crippen LogP contribution is 2.11. The molecule has 0 saturated carbocycles. The normalized spacial score (nSPS) is 10.7. The van der Waals surface area contributed by atoms with Gasteiger partial charge in [-0.3, -0.25) is 14.2 Å². The van der Waals surface area contributed by atoms with Crippen LogP contribution in [0, 0.1) is 23.0 Å². The van der Waals surface area contributed by atoms with E-state index < -0.39 is 23.3 Å². The van der Waals surface area contributed by atoms with Crippen molar-refractivity contribution in [3.8, 4) is 0 Å². The Hall–Kier alpha value is -2.45. The number of hydrogen-bond donors (Lipinski definition) is 1. The molecular formula is C12H18N4O5. The molecule has 1 amide bonds. The SMILES string of the molecule is Cc1nc([N+](=O)[O-])cn1CC(=O)N(CC(=O)O)CC(C)C. The molecule has 116 valence electrons. The van der Waals surface area contributed by atoms with Gasteiger partial charge in [0.1, 0.15) is 19.3 Å². The maximum Gasteiger partial charge on any atom is 0.381 e. The molecule has 0 aromatic carbocycles. The largest absolute Gasteiger partial charge is 0.480 e. The number of carbonyl (C=O) groups is 2. The van der Waals surface area contributed by atoms with Crippen LogP contribution >= 0.6 is 0 Å². The zero-order chi connectivity index (χ0) is 16.2. The highest BCUT2D eigenvalue weighted by atomic mass is 16.6. The smallest absolute Gasteiger partial charge is 0.381 e. The molecule has 1 N–H and O–H groups in total. The number of aromatic nitrogens is 2. The summed E-state index contributed by atoms with van der Waals surface area (Å²) in [5.41, 5.74) is 0. The predicted octanol–water partition coefficient (Wildman–Crippen LogP) is 0.669. The van der Waals surface area contributed by atoms with Gasteiger partial charge in [0.15, 0.2) is 0 Å². The summed E-state index contributed by atoms with van der Waals surface area (Å²) in [6.07, 6.45) is 1.17. The van der Waals surface area contributed by atoms with E-state index in [2.05, 4.69) is 4.98 Å². The van der Waals surface area contributed by atoms with Gasteiger partial charge in [-0.05, 0) is 15.8 Å². The standard InChI is InChI=1S/C12H18N4O5/c1-8(2)4-15(7-12(18)19)11(17)6-14-5-10(16(20)21)13-9(14)3/h5,8H,4,6-7H2,1-3H3,(H,18,19). The summed E-state index contributed by atoms with van der Waals surface area (Å²) in [6.45, 7) is 5.02. The van der Waals surface area contributed by atoms with Crippen molar-refractivity contribution in [2.45, 2.75) is 27.3 Å². The Morgan fingerprint density at radius 3 is 2.57 bits per heavy atom. The predicted molar refractivity (Wildman–Crippen MR) is 72.7 cm³/mol. The second-order valence-corrected chi connectivity index (χ2v) is 5.09. The van der Waals surface area contributed by atoms with E-state index in [0.29, 0.717) is 12.4 Å². The molecule has 0 saturated heterocycles. The maximum absolute atomic E-state index is 12.2. The number of hydrogen-bond acceptors (Lipinski definition) is 5. The number of imidazole rings is 1. The summed E-state index contributed by atoms with van der Waals surface area (Å²) < 4.78 is 1.34. The van der Waals surface area contributed by atoms with Crippen molar-refractivity contribution in [1.82, 2.24) is 14.5 Å². The molecule has 0 bridgehead atoms. The Kier molecular flexibility index (Phi) is 5.39. The number of aryl methyl sites for hydroxylation is 1. The van der Waals surface area contributed by atoms with Crippen molar-refractivity contribution in [2.24, 2.45) is 5.92 Å². The highest BCUT2D eigenvalue weighted by Gasteiger charge is 2.22. The number of carbonyl (C=O) groups excluding carboxylic acids is 1. The van der Waals surface area contributed by atoms with Crippen molar-refractivity contribution in [3.63, 3.8) is 0 Å². The van der Waals surface area contributed by atoms with E-state index in [-0.39, 0.29) is 18.3 Å². The lowest BCUT2D eigenvalue weighted by Crippen LogP contribution is -2.40. The minimum Gasteiger partial charge on any atom is -0.480 e. The number of carboxylic acid groups (broad SMARTS) is 1. The van der Waals surface area contributed by atoms with Gasteiger partial charge >= 0.3 is 11.8 Å². The van der Waals surface area contributed by atoms with Crippen LogP contribution in [-0.4, -0.2) is 49.4 Å². The Bertz CT molecular complexity index is 552. The van der Waals surface area contributed by atoms with E-state index >= 15 is 0 Å². The molecule has 21 heavy (non-hydrogen) atoms. The first-order valence-corrected chi connectivity index (χ1v) is 6.38. The molecule has 9 nitrogen and oxygen atoms in total. The summed E-state index contributed by atoms with van der Waals surface area (Å²) >= 11 is 0.